The van der Waals surface area contributed by atoms with Crippen LogP contribution in [0.15, 0.2) is 48.5 Å². The highest BCUT2D eigenvalue weighted by atomic mass is 35.5. The molecule has 3 rings (SSSR count). The highest BCUT2D eigenvalue weighted by Crippen LogP contribution is 2.21. The van der Waals surface area contributed by atoms with E-state index in [1.54, 1.807) is 48.5 Å². The van der Waals surface area contributed by atoms with Crippen LogP contribution in [0.4, 0.5) is 5.69 Å². The Labute approximate surface area is 164 Å². The lowest BCUT2D eigenvalue weighted by Crippen LogP contribution is -2.47. The summed E-state index contributed by atoms with van der Waals surface area (Å²) in [4.78, 5) is 14.4. The smallest absolute Gasteiger partial charge is 0.255 e. The Hall–Kier alpha value is -1.93. The minimum Gasteiger partial charge on any atom is -0.321 e. The summed E-state index contributed by atoms with van der Waals surface area (Å²) in [6.45, 7) is 2.50. The molecule has 0 radical (unpaired) electrons. The summed E-state index contributed by atoms with van der Waals surface area (Å²) in [7, 11) is -1.38. The zero-order valence-corrected chi connectivity index (χ0v) is 16.6. The van der Waals surface area contributed by atoms with Crippen molar-refractivity contribution < 1.29 is 13.2 Å². The van der Waals surface area contributed by atoms with Gasteiger partial charge in [0.2, 0.25) is 10.0 Å². The van der Waals surface area contributed by atoms with Crippen molar-refractivity contribution in [3.05, 3.63) is 64.7 Å². The number of carbonyl (C=O) groups excluding carboxylic acids is 1. The van der Waals surface area contributed by atoms with Crippen LogP contribution in [0.5, 0.6) is 0 Å². The number of hydrogen-bond acceptors (Lipinski definition) is 4. The molecule has 0 spiro atoms. The molecule has 1 fully saturated rings. The van der Waals surface area contributed by atoms with E-state index >= 15 is 0 Å². The van der Waals surface area contributed by atoms with E-state index in [1.807, 2.05) is 7.05 Å². The van der Waals surface area contributed by atoms with Crippen molar-refractivity contribution in [2.45, 2.75) is 5.75 Å². The maximum atomic E-state index is 12.6. The quantitative estimate of drug-likeness (QED) is 0.827. The molecule has 6 nitrogen and oxygen atoms in total. The van der Waals surface area contributed by atoms with E-state index in [0.29, 0.717) is 34.9 Å². The number of sulfonamides is 1. The summed E-state index contributed by atoms with van der Waals surface area (Å²) in [5.41, 5.74) is 1.63. The number of rotatable bonds is 5. The van der Waals surface area contributed by atoms with Crippen molar-refractivity contribution >= 4 is 33.2 Å². The first-order chi connectivity index (χ1) is 12.8. The average molecular weight is 408 g/mol. The minimum absolute atomic E-state index is 0.0663. The van der Waals surface area contributed by atoms with Gasteiger partial charge in [0.15, 0.2) is 0 Å². The molecule has 0 saturated carbocycles. The number of halogens is 1. The first-order valence-electron chi connectivity index (χ1n) is 8.66. The van der Waals surface area contributed by atoms with Gasteiger partial charge in [0.1, 0.15) is 0 Å². The maximum absolute atomic E-state index is 12.6. The van der Waals surface area contributed by atoms with Crippen LogP contribution in [0.3, 0.4) is 0 Å². The van der Waals surface area contributed by atoms with Crippen LogP contribution >= 0.6 is 11.6 Å². The lowest BCUT2D eigenvalue weighted by molar-refractivity contribution is 0.102. The number of piperazine rings is 1. The van der Waals surface area contributed by atoms with Crippen LogP contribution < -0.4 is 5.32 Å². The summed E-state index contributed by atoms with van der Waals surface area (Å²) in [6, 6.07) is 13.6. The first-order valence-corrected chi connectivity index (χ1v) is 10.6. The van der Waals surface area contributed by atoms with Crippen molar-refractivity contribution in [3.63, 3.8) is 0 Å². The van der Waals surface area contributed by atoms with Gasteiger partial charge in [-0.2, -0.15) is 4.31 Å². The number of amides is 1. The van der Waals surface area contributed by atoms with Gasteiger partial charge in [-0.25, -0.2) is 8.42 Å². The molecule has 144 valence electrons. The molecule has 1 N–H and O–H groups in total. The summed E-state index contributed by atoms with van der Waals surface area (Å²) in [5.74, 6) is -0.361. The Morgan fingerprint density at radius 1 is 1.04 bits per heavy atom. The molecule has 0 atom stereocenters. The molecule has 2 aromatic carbocycles. The Kier molecular flexibility index (Phi) is 6.16. The molecule has 1 heterocycles. The van der Waals surface area contributed by atoms with Crippen LogP contribution in [0.2, 0.25) is 5.02 Å². The molecule has 27 heavy (non-hydrogen) atoms. The van der Waals surface area contributed by atoms with Gasteiger partial charge in [-0.05, 0) is 36.9 Å². The second kappa shape index (κ2) is 8.39. The number of hydrogen-bond donors (Lipinski definition) is 1. The number of nitrogens with zero attached hydrogens (tertiary/aromatic N) is 2. The molecule has 1 aliphatic rings. The fourth-order valence-corrected chi connectivity index (χ4v) is 4.58. The van der Waals surface area contributed by atoms with Gasteiger partial charge < -0.3 is 10.2 Å². The maximum Gasteiger partial charge on any atom is 0.255 e. The van der Waals surface area contributed by atoms with Crippen LogP contribution in [0.25, 0.3) is 0 Å². The van der Waals surface area contributed by atoms with Crippen molar-refractivity contribution in [1.29, 1.82) is 0 Å². The fourth-order valence-electron chi connectivity index (χ4n) is 2.88. The van der Waals surface area contributed by atoms with E-state index in [9.17, 15) is 13.2 Å². The van der Waals surface area contributed by atoms with Crippen molar-refractivity contribution in [1.82, 2.24) is 9.21 Å². The molecule has 2 aromatic rings. The van der Waals surface area contributed by atoms with Gasteiger partial charge >= 0.3 is 0 Å². The van der Waals surface area contributed by atoms with Gasteiger partial charge in [-0.15, -0.1) is 0 Å². The molecule has 1 aliphatic heterocycles. The predicted octanol–water partition coefficient (Wildman–Crippen LogP) is 2.67. The van der Waals surface area contributed by atoms with E-state index in [4.69, 9.17) is 11.6 Å². The summed E-state index contributed by atoms with van der Waals surface area (Å²) < 4.78 is 26.7. The van der Waals surface area contributed by atoms with Crippen LogP contribution in [-0.4, -0.2) is 56.8 Å². The molecule has 0 aromatic heterocycles. The van der Waals surface area contributed by atoms with E-state index in [-0.39, 0.29) is 11.7 Å². The van der Waals surface area contributed by atoms with Gasteiger partial charge in [0, 0.05) is 31.7 Å². The molecular weight excluding hydrogens is 386 g/mol. The Balaban J connectivity index is 1.64. The zero-order chi connectivity index (χ0) is 19.4. The SMILES string of the molecule is CN1CCN(S(=O)(=O)Cc2ccc(C(=O)Nc3ccccc3Cl)cc2)CC1. The Morgan fingerprint density at radius 3 is 2.30 bits per heavy atom. The summed E-state index contributed by atoms with van der Waals surface area (Å²) in [5, 5.41) is 3.21. The highest BCUT2D eigenvalue weighted by molar-refractivity contribution is 7.88. The van der Waals surface area contributed by atoms with Crippen molar-refractivity contribution in [3.8, 4) is 0 Å². The third-order valence-electron chi connectivity index (χ3n) is 4.54. The molecule has 0 bridgehead atoms. The van der Waals surface area contributed by atoms with Crippen molar-refractivity contribution in [2.75, 3.05) is 38.5 Å². The van der Waals surface area contributed by atoms with Crippen LogP contribution in [0.1, 0.15) is 15.9 Å². The average Bonchev–Trinajstić information content (AvgIpc) is 2.64. The second-order valence-electron chi connectivity index (χ2n) is 6.59. The Bertz CT molecular complexity index is 908. The van der Waals surface area contributed by atoms with Gasteiger partial charge in [0.05, 0.1) is 16.5 Å². The van der Waals surface area contributed by atoms with E-state index in [0.717, 1.165) is 13.1 Å². The third-order valence-corrected chi connectivity index (χ3v) is 6.72. The molecule has 8 heteroatoms. The lowest BCUT2D eigenvalue weighted by Gasteiger charge is -2.31. The molecule has 0 unspecified atom stereocenters. The first kappa shape index (κ1) is 19.8. The number of para-hydroxylation sites is 1. The minimum atomic E-state index is -3.36. The van der Waals surface area contributed by atoms with E-state index in [2.05, 4.69) is 10.2 Å². The molecule has 0 aliphatic carbocycles. The molecule has 1 amide bonds. The number of nitrogens with one attached hydrogen (secondary N) is 1. The monoisotopic (exact) mass is 407 g/mol. The highest BCUT2D eigenvalue weighted by Gasteiger charge is 2.25. The lowest BCUT2D eigenvalue weighted by atomic mass is 10.1. The van der Waals surface area contributed by atoms with Gasteiger partial charge in [0.25, 0.3) is 5.91 Å². The fraction of sp³-hybridized carbons (Fsp3) is 0.316. The normalized spacial score (nSPS) is 16.2. The van der Waals surface area contributed by atoms with Gasteiger partial charge in [-0.1, -0.05) is 35.9 Å². The topological polar surface area (TPSA) is 69.7 Å². The van der Waals surface area contributed by atoms with E-state index < -0.39 is 10.0 Å². The summed E-state index contributed by atoms with van der Waals surface area (Å²) in [6.07, 6.45) is 0. The predicted molar refractivity (Wildman–Crippen MR) is 108 cm³/mol. The van der Waals surface area contributed by atoms with Crippen LogP contribution in [-0.2, 0) is 15.8 Å². The number of carbonyl (C=O) groups is 1. The van der Waals surface area contributed by atoms with E-state index in [1.165, 1.54) is 4.31 Å². The molecule has 1 saturated heterocycles. The number of anilines is 1. The standard InChI is InChI=1S/C19H22ClN3O3S/c1-22-10-12-23(13-11-22)27(25,26)14-15-6-8-16(9-7-15)19(24)21-18-5-3-2-4-17(18)20/h2-9H,10-14H2,1H3,(H,21,24). The number of likely N-dealkylation sites (N-methyl/N-ethyl adjacent to an activating group) is 1. The summed E-state index contributed by atoms with van der Waals surface area (Å²) >= 11 is 6.05. The number of benzene rings is 2. The Morgan fingerprint density at radius 2 is 1.67 bits per heavy atom. The largest absolute Gasteiger partial charge is 0.321 e. The zero-order valence-electron chi connectivity index (χ0n) is 15.1. The van der Waals surface area contributed by atoms with Crippen LogP contribution in [0, 0.1) is 0 Å². The van der Waals surface area contributed by atoms with Crippen molar-refractivity contribution in [2.24, 2.45) is 0 Å². The molecular formula is C19H22ClN3O3S. The van der Waals surface area contributed by atoms with Gasteiger partial charge in [-0.3, -0.25) is 4.79 Å². The second-order valence-corrected chi connectivity index (χ2v) is 8.97. The third kappa shape index (κ3) is 5.07.